The SMILES string of the molecule is CN(CCOc1ccccc1F)C(=O)CN1CCC(c2ccc(O)cc2)CC1. The minimum atomic E-state index is -0.395. The Labute approximate surface area is 165 Å². The number of phenolic OH excluding ortho intramolecular Hbond substituents is 1. The van der Waals surface area contributed by atoms with Crippen LogP contribution in [0.25, 0.3) is 0 Å². The van der Waals surface area contributed by atoms with Crippen molar-refractivity contribution in [3.63, 3.8) is 0 Å². The van der Waals surface area contributed by atoms with E-state index in [9.17, 15) is 14.3 Å². The topological polar surface area (TPSA) is 53.0 Å². The zero-order valence-electron chi connectivity index (χ0n) is 16.2. The quantitative estimate of drug-likeness (QED) is 0.794. The number of likely N-dealkylation sites (N-methyl/N-ethyl adjacent to an activating group) is 1. The lowest BCUT2D eigenvalue weighted by molar-refractivity contribution is -0.131. The van der Waals surface area contributed by atoms with Gasteiger partial charge in [0.05, 0.1) is 13.1 Å². The first-order chi connectivity index (χ1) is 13.5. The molecule has 150 valence electrons. The summed E-state index contributed by atoms with van der Waals surface area (Å²) in [6, 6.07) is 13.7. The van der Waals surface area contributed by atoms with Crippen molar-refractivity contribution in [3.8, 4) is 11.5 Å². The molecule has 28 heavy (non-hydrogen) atoms. The van der Waals surface area contributed by atoms with Crippen molar-refractivity contribution < 1.29 is 19.0 Å². The number of aromatic hydroxyl groups is 1. The molecular weight excluding hydrogens is 359 g/mol. The third-order valence-electron chi connectivity index (χ3n) is 5.26. The van der Waals surface area contributed by atoms with Gasteiger partial charge in [-0.25, -0.2) is 4.39 Å². The molecule has 0 unspecified atom stereocenters. The van der Waals surface area contributed by atoms with Gasteiger partial charge in [-0.15, -0.1) is 0 Å². The van der Waals surface area contributed by atoms with Gasteiger partial charge in [0.1, 0.15) is 12.4 Å². The third kappa shape index (κ3) is 5.45. The number of hydrogen-bond acceptors (Lipinski definition) is 4. The number of benzene rings is 2. The number of likely N-dealkylation sites (tertiary alicyclic amines) is 1. The Morgan fingerprint density at radius 1 is 1.18 bits per heavy atom. The Morgan fingerprint density at radius 2 is 1.86 bits per heavy atom. The summed E-state index contributed by atoms with van der Waals surface area (Å²) in [6.07, 6.45) is 2.00. The van der Waals surface area contributed by atoms with Gasteiger partial charge in [-0.05, 0) is 61.7 Å². The molecule has 0 radical (unpaired) electrons. The van der Waals surface area contributed by atoms with Gasteiger partial charge in [-0.2, -0.15) is 0 Å². The van der Waals surface area contributed by atoms with Gasteiger partial charge in [0, 0.05) is 7.05 Å². The summed E-state index contributed by atoms with van der Waals surface area (Å²) in [5.41, 5.74) is 1.24. The fraction of sp³-hybridized carbons (Fsp3) is 0.409. The van der Waals surface area contributed by atoms with E-state index in [-0.39, 0.29) is 24.0 Å². The van der Waals surface area contributed by atoms with Gasteiger partial charge in [-0.3, -0.25) is 9.69 Å². The minimum absolute atomic E-state index is 0.0419. The van der Waals surface area contributed by atoms with E-state index in [1.165, 1.54) is 11.6 Å². The lowest BCUT2D eigenvalue weighted by Crippen LogP contribution is -2.42. The Balaban J connectivity index is 1.38. The molecular formula is C22H27FN2O3. The number of carbonyl (C=O) groups excluding carboxylic acids is 1. The summed E-state index contributed by atoms with van der Waals surface area (Å²) in [7, 11) is 1.75. The van der Waals surface area contributed by atoms with Crippen molar-refractivity contribution in [1.82, 2.24) is 9.80 Å². The lowest BCUT2D eigenvalue weighted by Gasteiger charge is -2.32. The van der Waals surface area contributed by atoms with E-state index in [4.69, 9.17) is 4.74 Å². The molecule has 0 aliphatic carbocycles. The summed E-state index contributed by atoms with van der Waals surface area (Å²) in [4.78, 5) is 16.2. The predicted octanol–water partition coefficient (Wildman–Crippen LogP) is 3.25. The van der Waals surface area contributed by atoms with Crippen LogP contribution in [0, 0.1) is 5.82 Å². The first kappa shape index (κ1) is 20.1. The molecule has 1 fully saturated rings. The molecule has 2 aromatic carbocycles. The van der Waals surface area contributed by atoms with E-state index in [0.29, 0.717) is 19.0 Å². The van der Waals surface area contributed by atoms with Crippen LogP contribution < -0.4 is 4.74 Å². The van der Waals surface area contributed by atoms with Crippen molar-refractivity contribution in [2.75, 3.05) is 39.8 Å². The van der Waals surface area contributed by atoms with Crippen LogP contribution in [0.4, 0.5) is 4.39 Å². The van der Waals surface area contributed by atoms with Crippen LogP contribution in [0.1, 0.15) is 24.3 Å². The molecule has 1 aliphatic heterocycles. The maximum atomic E-state index is 13.5. The third-order valence-corrected chi connectivity index (χ3v) is 5.26. The molecule has 0 atom stereocenters. The first-order valence-corrected chi connectivity index (χ1v) is 9.65. The number of hydrogen-bond donors (Lipinski definition) is 1. The van der Waals surface area contributed by atoms with Crippen LogP contribution in [-0.2, 0) is 4.79 Å². The number of amides is 1. The molecule has 1 amide bonds. The number of phenols is 1. The Hall–Kier alpha value is -2.60. The summed E-state index contributed by atoms with van der Waals surface area (Å²) in [5, 5.41) is 9.41. The fourth-order valence-corrected chi connectivity index (χ4v) is 3.46. The van der Waals surface area contributed by atoms with Gasteiger partial charge in [0.25, 0.3) is 0 Å². The van der Waals surface area contributed by atoms with Gasteiger partial charge in [0.15, 0.2) is 11.6 Å². The van der Waals surface area contributed by atoms with E-state index in [0.717, 1.165) is 25.9 Å². The monoisotopic (exact) mass is 386 g/mol. The molecule has 0 saturated carbocycles. The largest absolute Gasteiger partial charge is 0.508 e. The number of carbonyl (C=O) groups is 1. The maximum Gasteiger partial charge on any atom is 0.236 e. The molecule has 5 nitrogen and oxygen atoms in total. The summed E-state index contributed by atoms with van der Waals surface area (Å²) in [6.45, 7) is 2.80. The van der Waals surface area contributed by atoms with E-state index in [2.05, 4.69) is 4.90 Å². The van der Waals surface area contributed by atoms with Crippen LogP contribution >= 0.6 is 0 Å². The zero-order valence-corrected chi connectivity index (χ0v) is 16.2. The molecule has 6 heteroatoms. The Bertz CT molecular complexity index is 774. The minimum Gasteiger partial charge on any atom is -0.508 e. The molecule has 1 heterocycles. The Morgan fingerprint density at radius 3 is 2.54 bits per heavy atom. The second kappa shape index (κ2) is 9.55. The van der Waals surface area contributed by atoms with Crippen LogP contribution in [0.2, 0.25) is 0 Å². The second-order valence-corrected chi connectivity index (χ2v) is 7.24. The molecule has 2 aromatic rings. The molecule has 1 saturated heterocycles. The summed E-state index contributed by atoms with van der Waals surface area (Å²) >= 11 is 0. The smallest absolute Gasteiger partial charge is 0.236 e. The van der Waals surface area contributed by atoms with Crippen molar-refractivity contribution >= 4 is 5.91 Å². The van der Waals surface area contributed by atoms with Gasteiger partial charge < -0.3 is 14.7 Å². The number of halogens is 1. The highest BCUT2D eigenvalue weighted by molar-refractivity contribution is 5.78. The molecule has 3 rings (SSSR count). The van der Waals surface area contributed by atoms with Crippen molar-refractivity contribution in [2.45, 2.75) is 18.8 Å². The van der Waals surface area contributed by atoms with E-state index in [1.807, 2.05) is 12.1 Å². The average molecular weight is 386 g/mol. The van der Waals surface area contributed by atoms with Crippen LogP contribution in [0.15, 0.2) is 48.5 Å². The fourth-order valence-electron chi connectivity index (χ4n) is 3.46. The number of nitrogens with zero attached hydrogens (tertiary/aromatic N) is 2. The lowest BCUT2D eigenvalue weighted by atomic mass is 9.89. The molecule has 0 bridgehead atoms. The van der Waals surface area contributed by atoms with Gasteiger partial charge >= 0.3 is 0 Å². The van der Waals surface area contributed by atoms with Crippen molar-refractivity contribution in [3.05, 3.63) is 59.9 Å². The van der Waals surface area contributed by atoms with Gasteiger partial charge in [-0.1, -0.05) is 24.3 Å². The van der Waals surface area contributed by atoms with Gasteiger partial charge in [0.2, 0.25) is 5.91 Å². The summed E-state index contributed by atoms with van der Waals surface area (Å²) in [5.74, 6) is 0.612. The highest BCUT2D eigenvalue weighted by Crippen LogP contribution is 2.28. The predicted molar refractivity (Wildman–Crippen MR) is 106 cm³/mol. The molecule has 0 aromatic heterocycles. The van der Waals surface area contributed by atoms with E-state index < -0.39 is 5.82 Å². The molecule has 1 N–H and O–H groups in total. The van der Waals surface area contributed by atoms with Crippen LogP contribution in [-0.4, -0.2) is 60.6 Å². The van der Waals surface area contributed by atoms with Crippen molar-refractivity contribution in [1.29, 1.82) is 0 Å². The number of rotatable bonds is 7. The number of piperidine rings is 1. The van der Waals surface area contributed by atoms with E-state index in [1.54, 1.807) is 42.3 Å². The maximum absolute atomic E-state index is 13.5. The highest BCUT2D eigenvalue weighted by Gasteiger charge is 2.23. The molecule has 0 spiro atoms. The number of para-hydroxylation sites is 1. The van der Waals surface area contributed by atoms with E-state index >= 15 is 0 Å². The standard InChI is InChI=1S/C22H27FN2O3/c1-24(14-15-28-21-5-3-2-4-20(21)23)22(27)16-25-12-10-18(11-13-25)17-6-8-19(26)9-7-17/h2-9,18,26H,10-16H2,1H3. The normalized spacial score (nSPS) is 15.4. The first-order valence-electron chi connectivity index (χ1n) is 9.65. The molecule has 1 aliphatic rings. The summed E-state index contributed by atoms with van der Waals surface area (Å²) < 4.78 is 18.9. The van der Waals surface area contributed by atoms with Crippen LogP contribution in [0.5, 0.6) is 11.5 Å². The average Bonchev–Trinajstić information content (AvgIpc) is 2.70. The second-order valence-electron chi connectivity index (χ2n) is 7.24. The highest BCUT2D eigenvalue weighted by atomic mass is 19.1. The zero-order chi connectivity index (χ0) is 19.9. The van der Waals surface area contributed by atoms with Crippen molar-refractivity contribution in [2.24, 2.45) is 0 Å². The van der Waals surface area contributed by atoms with Crippen LogP contribution in [0.3, 0.4) is 0 Å². The number of ether oxygens (including phenoxy) is 1. The Kier molecular flexibility index (Phi) is 6.87.